The first kappa shape index (κ1) is 11.2. The number of nitrogens with two attached hydrogens (primary N) is 1. The lowest BCUT2D eigenvalue weighted by Crippen LogP contribution is -2.51. The third-order valence-corrected chi connectivity index (χ3v) is 1.07. The molecule has 0 aromatic heterocycles. The van der Waals surface area contributed by atoms with E-state index in [9.17, 15) is 18.0 Å². The molecule has 0 aliphatic heterocycles. The van der Waals surface area contributed by atoms with E-state index in [-0.39, 0.29) is 6.04 Å². The lowest BCUT2D eigenvalue weighted by molar-refractivity contribution is -0.163. The predicted octanol–water partition coefficient (Wildman–Crippen LogP) is 0.401. The van der Waals surface area contributed by atoms with Gasteiger partial charge in [0.25, 0.3) is 0 Å². The van der Waals surface area contributed by atoms with Crippen LogP contribution in [0.5, 0.6) is 0 Å². The van der Waals surface area contributed by atoms with Gasteiger partial charge in [0, 0.05) is 6.04 Å². The summed E-state index contributed by atoms with van der Waals surface area (Å²) in [6, 6.07) is -2.77. The normalized spacial score (nSPS) is 14.6. The zero-order valence-corrected chi connectivity index (χ0v) is 6.77. The van der Waals surface area contributed by atoms with Gasteiger partial charge in [0.05, 0.1) is 0 Å². The Balaban J connectivity index is 4.12. The minimum atomic E-state index is -4.67. The highest BCUT2D eigenvalue weighted by Crippen LogP contribution is 2.18. The molecule has 0 aromatic carbocycles. The van der Waals surface area contributed by atoms with Crippen molar-refractivity contribution in [2.45, 2.75) is 32.1 Å². The van der Waals surface area contributed by atoms with Gasteiger partial charge in [-0.1, -0.05) is 0 Å². The lowest BCUT2D eigenvalue weighted by atomic mass is 10.2. The summed E-state index contributed by atoms with van der Waals surface area (Å²) in [6.45, 7) is 3.11. The second-order valence-corrected chi connectivity index (χ2v) is 2.68. The largest absolute Gasteiger partial charge is 0.412 e. The van der Waals surface area contributed by atoms with Gasteiger partial charge in [0.15, 0.2) is 6.04 Å². The molecule has 12 heavy (non-hydrogen) atoms. The third kappa shape index (κ3) is 3.56. The molecule has 0 spiro atoms. The van der Waals surface area contributed by atoms with Crippen LogP contribution < -0.4 is 11.1 Å². The zero-order chi connectivity index (χ0) is 9.94. The van der Waals surface area contributed by atoms with Crippen LogP contribution in [0.15, 0.2) is 0 Å². The van der Waals surface area contributed by atoms with E-state index in [1.807, 2.05) is 0 Å². The number of rotatable bonds is 2. The summed E-state index contributed by atoms with van der Waals surface area (Å²) in [5, 5.41) is 2.07. The fraction of sp³-hybridized carbons (Fsp3) is 0.833. The minimum absolute atomic E-state index is 0.342. The van der Waals surface area contributed by atoms with Gasteiger partial charge in [-0.2, -0.15) is 13.2 Å². The van der Waals surface area contributed by atoms with Crippen molar-refractivity contribution in [2.24, 2.45) is 5.73 Å². The first-order valence-corrected chi connectivity index (χ1v) is 3.38. The molecule has 0 aliphatic carbocycles. The van der Waals surface area contributed by atoms with Gasteiger partial charge in [-0.15, -0.1) is 0 Å². The maximum absolute atomic E-state index is 11.8. The van der Waals surface area contributed by atoms with Crippen molar-refractivity contribution in [3.8, 4) is 0 Å². The number of hydrogen-bond acceptors (Lipinski definition) is 2. The van der Waals surface area contributed by atoms with Gasteiger partial charge in [0.1, 0.15) is 0 Å². The van der Waals surface area contributed by atoms with E-state index in [0.717, 1.165) is 0 Å². The van der Waals surface area contributed by atoms with Crippen LogP contribution in [0.3, 0.4) is 0 Å². The standard InChI is InChI=1S/C6H11F3N2O/c1-3(2)11-5(12)4(10)6(7,8)9/h3-4H,10H2,1-2H3,(H,11,12)/t4-/m1/s1. The second kappa shape index (κ2) is 3.75. The summed E-state index contributed by atoms with van der Waals surface area (Å²) in [7, 11) is 0. The number of amides is 1. The van der Waals surface area contributed by atoms with Crippen molar-refractivity contribution in [2.75, 3.05) is 0 Å². The Labute approximate surface area is 68.1 Å². The van der Waals surface area contributed by atoms with Gasteiger partial charge >= 0.3 is 6.18 Å². The summed E-state index contributed by atoms with van der Waals surface area (Å²) >= 11 is 0. The Morgan fingerprint density at radius 2 is 1.83 bits per heavy atom. The highest BCUT2D eigenvalue weighted by molar-refractivity contribution is 5.82. The zero-order valence-electron chi connectivity index (χ0n) is 6.77. The summed E-state index contributed by atoms with van der Waals surface area (Å²) in [6.07, 6.45) is -4.67. The highest BCUT2D eigenvalue weighted by atomic mass is 19.4. The smallest absolute Gasteiger partial charge is 0.352 e. The molecule has 3 N–H and O–H groups in total. The Hall–Kier alpha value is -0.780. The van der Waals surface area contributed by atoms with Crippen molar-refractivity contribution in [1.29, 1.82) is 0 Å². The van der Waals surface area contributed by atoms with Crippen LogP contribution in [0.1, 0.15) is 13.8 Å². The molecule has 0 unspecified atom stereocenters. The molecule has 0 saturated heterocycles. The summed E-state index contributed by atoms with van der Waals surface area (Å²) < 4.78 is 35.3. The van der Waals surface area contributed by atoms with Crippen LogP contribution in [-0.4, -0.2) is 24.2 Å². The fourth-order valence-electron chi connectivity index (χ4n) is 0.523. The molecule has 3 nitrogen and oxygen atoms in total. The van der Waals surface area contributed by atoms with Gasteiger partial charge in [-0.05, 0) is 13.8 Å². The van der Waals surface area contributed by atoms with E-state index in [0.29, 0.717) is 0 Å². The average molecular weight is 184 g/mol. The second-order valence-electron chi connectivity index (χ2n) is 2.68. The van der Waals surface area contributed by atoms with Crippen molar-refractivity contribution < 1.29 is 18.0 Å². The van der Waals surface area contributed by atoms with Gasteiger partial charge in [0.2, 0.25) is 5.91 Å². The maximum Gasteiger partial charge on any atom is 0.412 e. The number of hydrogen-bond donors (Lipinski definition) is 2. The van der Waals surface area contributed by atoms with E-state index < -0.39 is 18.1 Å². The van der Waals surface area contributed by atoms with E-state index in [1.165, 1.54) is 0 Å². The molecule has 0 radical (unpaired) electrons. The first-order chi connectivity index (χ1) is 5.25. The molecule has 1 atom stereocenters. The highest BCUT2D eigenvalue weighted by Gasteiger charge is 2.41. The number of alkyl halides is 3. The lowest BCUT2D eigenvalue weighted by Gasteiger charge is -2.16. The molecule has 1 amide bonds. The van der Waals surface area contributed by atoms with Crippen LogP contribution in [0.25, 0.3) is 0 Å². The summed E-state index contributed by atoms with van der Waals surface area (Å²) in [4.78, 5) is 10.6. The summed E-state index contributed by atoms with van der Waals surface area (Å²) in [5.41, 5.74) is 4.61. The van der Waals surface area contributed by atoms with E-state index in [2.05, 4.69) is 11.1 Å². The molecular weight excluding hydrogens is 173 g/mol. The van der Waals surface area contributed by atoms with E-state index in [1.54, 1.807) is 13.8 Å². The van der Waals surface area contributed by atoms with Gasteiger partial charge < -0.3 is 11.1 Å². The fourth-order valence-corrected chi connectivity index (χ4v) is 0.523. The van der Waals surface area contributed by atoms with Crippen molar-refractivity contribution in [1.82, 2.24) is 5.32 Å². The number of halogens is 3. The number of carbonyl (C=O) groups excluding carboxylic acids is 1. The molecule has 0 bridgehead atoms. The van der Waals surface area contributed by atoms with E-state index in [4.69, 9.17) is 0 Å². The average Bonchev–Trinajstić information content (AvgIpc) is 1.82. The molecule has 0 aromatic rings. The van der Waals surface area contributed by atoms with Crippen LogP contribution in [0.2, 0.25) is 0 Å². The molecule has 0 fully saturated rings. The Kier molecular flexibility index (Phi) is 3.51. The molecule has 0 heterocycles. The SMILES string of the molecule is CC(C)NC(=O)[C@@H](N)C(F)(F)F. The van der Waals surface area contributed by atoms with Crippen molar-refractivity contribution in [3.63, 3.8) is 0 Å². The van der Waals surface area contributed by atoms with E-state index >= 15 is 0 Å². The molecule has 0 rings (SSSR count). The molecule has 72 valence electrons. The first-order valence-electron chi connectivity index (χ1n) is 3.38. The maximum atomic E-state index is 11.8. The van der Waals surface area contributed by atoms with Gasteiger partial charge in [-0.3, -0.25) is 4.79 Å². The molecular formula is C6H11F3N2O. The van der Waals surface area contributed by atoms with Crippen LogP contribution in [0.4, 0.5) is 13.2 Å². The van der Waals surface area contributed by atoms with Crippen molar-refractivity contribution >= 4 is 5.91 Å². The monoisotopic (exact) mass is 184 g/mol. The molecule has 0 saturated carbocycles. The van der Waals surface area contributed by atoms with Gasteiger partial charge in [-0.25, -0.2) is 0 Å². The number of carbonyl (C=O) groups is 1. The topological polar surface area (TPSA) is 55.1 Å². The summed E-state index contributed by atoms with van der Waals surface area (Å²) in [5.74, 6) is -1.20. The quantitative estimate of drug-likeness (QED) is 0.652. The Morgan fingerprint density at radius 3 is 2.08 bits per heavy atom. The Bertz CT molecular complexity index is 167. The predicted molar refractivity (Wildman–Crippen MR) is 37.3 cm³/mol. The molecule has 0 aliphatic rings. The third-order valence-electron chi connectivity index (χ3n) is 1.07. The van der Waals surface area contributed by atoms with Crippen LogP contribution in [-0.2, 0) is 4.79 Å². The number of nitrogens with one attached hydrogen (secondary N) is 1. The minimum Gasteiger partial charge on any atom is -0.352 e. The van der Waals surface area contributed by atoms with Crippen molar-refractivity contribution in [3.05, 3.63) is 0 Å². The Morgan fingerprint density at radius 1 is 1.42 bits per heavy atom. The van der Waals surface area contributed by atoms with Crippen LogP contribution >= 0.6 is 0 Å². The van der Waals surface area contributed by atoms with Crippen LogP contribution in [0, 0.1) is 0 Å². The molecule has 6 heteroatoms.